The van der Waals surface area contributed by atoms with Crippen molar-refractivity contribution in [1.29, 1.82) is 0 Å². The molecule has 3 heteroatoms. The molecule has 0 aromatic carbocycles. The van der Waals surface area contributed by atoms with Crippen molar-refractivity contribution >= 4 is 21.4 Å². The zero-order chi connectivity index (χ0) is 8.53. The van der Waals surface area contributed by atoms with Crippen LogP contribution in [0.15, 0.2) is 0 Å². The fourth-order valence-electron chi connectivity index (χ4n) is 1.18. The zero-order valence-electron chi connectivity index (χ0n) is 7.97. The highest BCUT2D eigenvalue weighted by atomic mass is 13.8. The molecule has 0 aromatic rings. The van der Waals surface area contributed by atoms with Crippen LogP contribution in [0.4, 0.5) is 0 Å². The van der Waals surface area contributed by atoms with E-state index in [1.165, 1.54) is 32.0 Å². The second-order valence-electron chi connectivity index (χ2n) is 3.18. The van der Waals surface area contributed by atoms with E-state index in [4.69, 9.17) is 7.74 Å². The summed E-state index contributed by atoms with van der Waals surface area (Å²) in [5.74, 6) is 0. The van der Waals surface area contributed by atoms with Gasteiger partial charge in [0.25, 0.3) is 0 Å². The van der Waals surface area contributed by atoms with Gasteiger partial charge in [-0.25, -0.2) is 0 Å². The highest BCUT2D eigenvalue weighted by molar-refractivity contribution is 7.34. The lowest BCUT2D eigenvalue weighted by Gasteiger charge is -2.04. The van der Waals surface area contributed by atoms with Crippen LogP contribution in [-0.2, 0) is 0 Å². The molecule has 0 bridgehead atoms. The Morgan fingerprint density at radius 3 is 2.45 bits per heavy atom. The molecular weight excluding hydrogens is 129 g/mol. The van der Waals surface area contributed by atoms with Crippen LogP contribution >= 0.6 is 0 Å². The Morgan fingerprint density at radius 1 is 1.18 bits per heavy atom. The Hall–Kier alpha value is 0.195. The molecule has 0 unspecified atom stereocenters. The summed E-state index contributed by atoms with van der Waals surface area (Å²) in [7, 11) is 8.07. The normalized spacial score (nSPS) is 9.64. The van der Waals surface area contributed by atoms with Crippen LogP contribution in [0.3, 0.4) is 0 Å². The molecule has 0 saturated carbocycles. The summed E-state index contributed by atoms with van der Waals surface area (Å²) < 4.78 is 0. The van der Waals surface area contributed by atoms with Crippen LogP contribution in [-0.4, -0.2) is 21.4 Å². The number of unbranched alkanes of at least 4 members (excludes halogenated alkanes) is 2. The quantitative estimate of drug-likeness (QED) is 0.382. The van der Waals surface area contributed by atoms with Gasteiger partial charge in [0.2, 0.25) is 0 Å². The van der Waals surface area contributed by atoms with Crippen molar-refractivity contribution in [1.82, 2.24) is 0 Å². The minimum atomic E-state index is 0.344. The number of hydrogen-bond acceptors (Lipinski definition) is 0. The predicted octanol–water partition coefficient (Wildman–Crippen LogP) is 2.37. The van der Waals surface area contributed by atoms with Crippen molar-refractivity contribution in [2.24, 2.45) is 0 Å². The minimum absolute atomic E-state index is 0.344. The third kappa shape index (κ3) is 8.10. The van der Waals surface area contributed by atoms with Gasteiger partial charge in [-0.1, -0.05) is 52.2 Å². The molecule has 0 aliphatic carbocycles. The average Bonchev–Trinajstić information content (AvgIpc) is 1.99. The predicted molar refractivity (Wildman–Crippen MR) is 56.7 cm³/mol. The SMILES string of the molecule is [B]B([B]CCCCC)CCC. The molecule has 11 heavy (non-hydrogen) atoms. The number of rotatable bonds is 7. The Balaban J connectivity index is 2.97. The van der Waals surface area contributed by atoms with Gasteiger partial charge in [-0.3, -0.25) is 0 Å². The molecule has 0 rings (SSSR count). The van der Waals surface area contributed by atoms with E-state index in [9.17, 15) is 0 Å². The smallest absolute Gasteiger partial charge is 0.0644 e. The van der Waals surface area contributed by atoms with Crippen molar-refractivity contribution in [2.45, 2.75) is 52.2 Å². The fraction of sp³-hybridized carbons (Fsp3) is 1.00. The summed E-state index contributed by atoms with van der Waals surface area (Å²) in [6.07, 6.45) is 7.51. The van der Waals surface area contributed by atoms with Crippen molar-refractivity contribution in [2.75, 3.05) is 0 Å². The molecule has 3 radical (unpaired) electrons. The molecule has 0 fully saturated rings. The van der Waals surface area contributed by atoms with E-state index in [0.717, 1.165) is 6.32 Å². The monoisotopic (exact) mass is 147 g/mol. The van der Waals surface area contributed by atoms with Gasteiger partial charge >= 0.3 is 0 Å². The van der Waals surface area contributed by atoms with E-state index >= 15 is 0 Å². The Kier molecular flexibility index (Phi) is 8.44. The maximum Gasteiger partial charge on any atom is 0.0644 e. The van der Waals surface area contributed by atoms with Gasteiger partial charge in [0.15, 0.2) is 0 Å². The summed E-state index contributed by atoms with van der Waals surface area (Å²) >= 11 is 0. The summed E-state index contributed by atoms with van der Waals surface area (Å²) in [5.41, 5.74) is 0. The van der Waals surface area contributed by atoms with Crippen molar-refractivity contribution in [3.8, 4) is 0 Å². The first kappa shape index (κ1) is 11.2. The first-order chi connectivity index (χ1) is 5.31. The Bertz CT molecular complexity index is 75.7. The van der Waals surface area contributed by atoms with Gasteiger partial charge in [0.1, 0.15) is 0 Å². The van der Waals surface area contributed by atoms with Gasteiger partial charge in [0, 0.05) is 7.74 Å². The molecular formula is C8H18B3. The maximum atomic E-state index is 5.81. The summed E-state index contributed by atoms with van der Waals surface area (Å²) in [4.78, 5) is 0. The molecule has 0 nitrogen and oxygen atoms in total. The third-order valence-corrected chi connectivity index (χ3v) is 1.90. The van der Waals surface area contributed by atoms with Crippen LogP contribution in [0.25, 0.3) is 0 Å². The molecule has 0 aromatic heterocycles. The van der Waals surface area contributed by atoms with E-state index in [0.29, 0.717) is 6.49 Å². The minimum Gasteiger partial charge on any atom is -0.0897 e. The van der Waals surface area contributed by atoms with Crippen LogP contribution in [0.1, 0.15) is 39.5 Å². The maximum absolute atomic E-state index is 5.81. The van der Waals surface area contributed by atoms with Crippen LogP contribution in [0, 0.1) is 0 Å². The standard InChI is InChI=1S/C8H18B3/c1-3-5-6-7-10-11(9)8-4-2/h3-8H2,1-2H3. The Labute approximate surface area is 74.2 Å². The van der Waals surface area contributed by atoms with E-state index in [-0.39, 0.29) is 0 Å². The largest absolute Gasteiger partial charge is 0.0897 e. The third-order valence-electron chi connectivity index (χ3n) is 1.90. The molecule has 0 atom stereocenters. The molecule has 0 amide bonds. The van der Waals surface area contributed by atoms with E-state index < -0.39 is 0 Å². The highest BCUT2D eigenvalue weighted by Gasteiger charge is 2.03. The second-order valence-corrected chi connectivity index (χ2v) is 3.18. The zero-order valence-corrected chi connectivity index (χ0v) is 7.97. The van der Waals surface area contributed by atoms with Gasteiger partial charge in [-0.2, -0.15) is 0 Å². The lowest BCUT2D eigenvalue weighted by Crippen LogP contribution is -2.21. The molecule has 59 valence electrons. The first-order valence-electron chi connectivity index (χ1n) is 4.90. The number of hydrogen-bond donors (Lipinski definition) is 0. The molecule has 0 heterocycles. The fourth-order valence-corrected chi connectivity index (χ4v) is 1.18. The summed E-state index contributed by atoms with van der Waals surface area (Å²) in [6.45, 7) is 4.75. The van der Waals surface area contributed by atoms with Crippen molar-refractivity contribution in [3.05, 3.63) is 0 Å². The van der Waals surface area contributed by atoms with Crippen LogP contribution in [0.2, 0.25) is 12.6 Å². The lowest BCUT2D eigenvalue weighted by molar-refractivity contribution is 0.770. The molecule has 0 aliphatic heterocycles. The van der Waals surface area contributed by atoms with E-state index in [1.54, 1.807) is 0 Å². The first-order valence-corrected chi connectivity index (χ1v) is 4.90. The molecule has 0 saturated heterocycles. The molecule has 0 spiro atoms. The molecule has 0 aliphatic rings. The summed E-state index contributed by atoms with van der Waals surface area (Å²) in [5, 5.41) is 0. The van der Waals surface area contributed by atoms with Crippen LogP contribution < -0.4 is 0 Å². The highest BCUT2D eigenvalue weighted by Crippen LogP contribution is 2.01. The van der Waals surface area contributed by atoms with Gasteiger partial charge in [-0.05, 0) is 0 Å². The van der Waals surface area contributed by atoms with Gasteiger partial charge < -0.3 is 0 Å². The van der Waals surface area contributed by atoms with Gasteiger partial charge in [0.05, 0.1) is 13.7 Å². The molecule has 0 N–H and O–H groups in total. The van der Waals surface area contributed by atoms with E-state index in [2.05, 4.69) is 21.0 Å². The second kappa shape index (κ2) is 8.29. The Morgan fingerprint density at radius 2 is 1.91 bits per heavy atom. The van der Waals surface area contributed by atoms with Crippen molar-refractivity contribution in [3.63, 3.8) is 0 Å². The lowest BCUT2D eigenvalue weighted by atomic mass is 9.09. The van der Waals surface area contributed by atoms with Crippen molar-refractivity contribution < 1.29 is 0 Å². The average molecular weight is 147 g/mol. The topological polar surface area (TPSA) is 0 Å². The van der Waals surface area contributed by atoms with Gasteiger partial charge in [-0.15, -0.1) is 0 Å². The van der Waals surface area contributed by atoms with E-state index in [1.807, 2.05) is 0 Å². The van der Waals surface area contributed by atoms with Crippen LogP contribution in [0.5, 0.6) is 0 Å². The summed E-state index contributed by atoms with van der Waals surface area (Å²) in [6, 6.07) is 0.